The van der Waals surface area contributed by atoms with Crippen LogP contribution in [0.3, 0.4) is 0 Å². The molecule has 5 nitrogen and oxygen atoms in total. The minimum Gasteiger partial charge on any atom is -0.370 e. The highest BCUT2D eigenvalue weighted by Gasteiger charge is 2.41. The molecule has 20 heavy (non-hydrogen) atoms. The van der Waals surface area contributed by atoms with E-state index < -0.39 is 15.8 Å². The van der Waals surface area contributed by atoms with E-state index in [0.29, 0.717) is 38.0 Å². The second kappa shape index (κ2) is 5.55. The van der Waals surface area contributed by atoms with E-state index in [1.807, 2.05) is 20.8 Å². The fourth-order valence-electron chi connectivity index (χ4n) is 3.53. The topological polar surface area (TPSA) is 49.9 Å². The zero-order valence-electron chi connectivity index (χ0n) is 13.3. The van der Waals surface area contributed by atoms with E-state index in [1.165, 1.54) is 0 Å². The quantitative estimate of drug-likeness (QED) is 0.780. The molecule has 2 heterocycles. The first kappa shape index (κ1) is 16.2. The Morgan fingerprint density at radius 3 is 2.05 bits per heavy atom. The minimum atomic E-state index is -3.37. The average molecular weight is 304 g/mol. The molecular weight excluding hydrogens is 276 g/mol. The summed E-state index contributed by atoms with van der Waals surface area (Å²) in [5.74, 6) is 0.861. The zero-order chi connectivity index (χ0) is 15.1. The molecule has 0 aromatic heterocycles. The molecule has 2 aliphatic heterocycles. The Morgan fingerprint density at radius 2 is 1.55 bits per heavy atom. The zero-order valence-corrected chi connectivity index (χ0v) is 14.1. The summed E-state index contributed by atoms with van der Waals surface area (Å²) in [5, 5.41) is 0. The summed E-state index contributed by atoms with van der Waals surface area (Å²) in [6, 6.07) is 0. The molecule has 0 unspecified atom stereocenters. The lowest BCUT2D eigenvalue weighted by atomic mass is 9.94. The third kappa shape index (κ3) is 3.53. The van der Waals surface area contributed by atoms with Crippen LogP contribution < -0.4 is 0 Å². The maximum Gasteiger partial charge on any atom is 0.282 e. The highest BCUT2D eigenvalue weighted by molar-refractivity contribution is 7.86. The Hall–Kier alpha value is -0.170. The number of hydrogen-bond donors (Lipinski definition) is 0. The second-order valence-corrected chi connectivity index (χ2v) is 9.18. The molecule has 0 radical (unpaired) electrons. The lowest BCUT2D eigenvalue weighted by Crippen LogP contribution is -2.58. The Morgan fingerprint density at radius 1 is 1.00 bits per heavy atom. The van der Waals surface area contributed by atoms with E-state index in [2.05, 4.69) is 13.8 Å². The van der Waals surface area contributed by atoms with Crippen molar-refractivity contribution in [3.8, 4) is 0 Å². The fourth-order valence-corrected chi connectivity index (χ4v) is 5.61. The molecule has 6 heteroatoms. The summed E-state index contributed by atoms with van der Waals surface area (Å²) >= 11 is 0. The Kier molecular flexibility index (Phi) is 4.50. The van der Waals surface area contributed by atoms with E-state index in [0.717, 1.165) is 6.42 Å². The van der Waals surface area contributed by atoms with Crippen molar-refractivity contribution in [1.29, 1.82) is 0 Å². The van der Waals surface area contributed by atoms with Crippen molar-refractivity contribution in [2.75, 3.05) is 26.2 Å². The van der Waals surface area contributed by atoms with Crippen LogP contribution in [0.2, 0.25) is 0 Å². The van der Waals surface area contributed by atoms with Gasteiger partial charge in [0.15, 0.2) is 0 Å². The minimum absolute atomic E-state index is 0.0619. The van der Waals surface area contributed by atoms with Crippen molar-refractivity contribution in [2.24, 2.45) is 11.8 Å². The molecule has 2 rings (SSSR count). The van der Waals surface area contributed by atoms with Crippen LogP contribution in [0.4, 0.5) is 0 Å². The largest absolute Gasteiger partial charge is 0.370 e. The molecule has 0 N–H and O–H groups in total. The van der Waals surface area contributed by atoms with Crippen LogP contribution >= 0.6 is 0 Å². The SMILES string of the molecule is C[C@@H]1C[C@H](C)CN(S(=O)(=O)N2C[C@H](C)OC(C)(C)C2)C1. The van der Waals surface area contributed by atoms with E-state index >= 15 is 0 Å². The van der Waals surface area contributed by atoms with Crippen LogP contribution in [0.15, 0.2) is 0 Å². The van der Waals surface area contributed by atoms with Crippen molar-refractivity contribution in [2.45, 2.75) is 52.7 Å². The van der Waals surface area contributed by atoms with Gasteiger partial charge in [0.2, 0.25) is 0 Å². The van der Waals surface area contributed by atoms with Gasteiger partial charge < -0.3 is 4.74 Å². The molecule has 2 saturated heterocycles. The van der Waals surface area contributed by atoms with Gasteiger partial charge in [-0.05, 0) is 39.0 Å². The molecule has 118 valence electrons. The van der Waals surface area contributed by atoms with Gasteiger partial charge in [-0.1, -0.05) is 13.8 Å². The highest BCUT2D eigenvalue weighted by Crippen LogP contribution is 2.28. The van der Waals surface area contributed by atoms with Crippen LogP contribution in [0.5, 0.6) is 0 Å². The average Bonchev–Trinajstić information content (AvgIpc) is 2.24. The maximum absolute atomic E-state index is 12.9. The number of hydrogen-bond acceptors (Lipinski definition) is 3. The van der Waals surface area contributed by atoms with Crippen molar-refractivity contribution in [1.82, 2.24) is 8.61 Å². The van der Waals surface area contributed by atoms with Gasteiger partial charge in [0.25, 0.3) is 10.2 Å². The Balaban J connectivity index is 2.17. The van der Waals surface area contributed by atoms with Gasteiger partial charge in [0.1, 0.15) is 0 Å². The van der Waals surface area contributed by atoms with Crippen molar-refractivity contribution < 1.29 is 13.2 Å². The van der Waals surface area contributed by atoms with Crippen LogP contribution in [0.25, 0.3) is 0 Å². The van der Waals surface area contributed by atoms with E-state index in [1.54, 1.807) is 8.61 Å². The second-order valence-electron chi connectivity index (χ2n) is 7.25. The summed E-state index contributed by atoms with van der Waals surface area (Å²) in [6.07, 6.45) is 1.05. The molecular formula is C14H28N2O3S. The molecule has 3 atom stereocenters. The molecule has 0 aliphatic carbocycles. The predicted molar refractivity (Wildman–Crippen MR) is 79.6 cm³/mol. The number of piperidine rings is 1. The van der Waals surface area contributed by atoms with Gasteiger partial charge in [0.05, 0.1) is 11.7 Å². The first-order valence-corrected chi connectivity index (χ1v) is 8.93. The molecule has 0 amide bonds. The number of rotatable bonds is 2. The van der Waals surface area contributed by atoms with E-state index in [9.17, 15) is 8.42 Å². The monoisotopic (exact) mass is 304 g/mol. The van der Waals surface area contributed by atoms with Gasteiger partial charge in [-0.15, -0.1) is 0 Å². The smallest absolute Gasteiger partial charge is 0.282 e. The molecule has 0 saturated carbocycles. The van der Waals surface area contributed by atoms with Gasteiger partial charge >= 0.3 is 0 Å². The van der Waals surface area contributed by atoms with Crippen LogP contribution in [-0.4, -0.2) is 54.9 Å². The lowest BCUT2D eigenvalue weighted by molar-refractivity contribution is -0.110. The van der Waals surface area contributed by atoms with Gasteiger partial charge in [-0.3, -0.25) is 0 Å². The molecule has 2 aliphatic rings. The molecule has 0 bridgehead atoms. The van der Waals surface area contributed by atoms with Crippen LogP contribution in [-0.2, 0) is 14.9 Å². The predicted octanol–water partition coefficient (Wildman–Crippen LogP) is 1.71. The maximum atomic E-state index is 12.9. The van der Waals surface area contributed by atoms with Gasteiger partial charge in [-0.2, -0.15) is 17.0 Å². The summed E-state index contributed by atoms with van der Waals surface area (Å²) < 4.78 is 34.8. The highest BCUT2D eigenvalue weighted by atomic mass is 32.2. The molecule has 0 spiro atoms. The van der Waals surface area contributed by atoms with E-state index in [4.69, 9.17) is 4.74 Å². The normalized spacial score (nSPS) is 37.0. The number of morpholine rings is 1. The van der Waals surface area contributed by atoms with E-state index in [-0.39, 0.29) is 6.10 Å². The molecule has 0 aromatic rings. The summed E-state index contributed by atoms with van der Waals surface area (Å²) in [6.45, 7) is 12.2. The van der Waals surface area contributed by atoms with Gasteiger partial charge in [0, 0.05) is 26.2 Å². The first-order valence-electron chi connectivity index (χ1n) is 7.53. The summed E-state index contributed by atoms with van der Waals surface area (Å²) in [4.78, 5) is 0. The Labute approximate surface area is 123 Å². The van der Waals surface area contributed by atoms with Crippen molar-refractivity contribution >= 4 is 10.2 Å². The van der Waals surface area contributed by atoms with Crippen molar-refractivity contribution in [3.05, 3.63) is 0 Å². The fraction of sp³-hybridized carbons (Fsp3) is 1.00. The summed E-state index contributed by atoms with van der Waals surface area (Å²) in [5.41, 5.74) is -0.419. The Bertz CT molecular complexity index is 439. The third-order valence-corrected chi connectivity index (χ3v) is 5.91. The van der Waals surface area contributed by atoms with Gasteiger partial charge in [-0.25, -0.2) is 0 Å². The molecule has 2 fully saturated rings. The number of nitrogens with zero attached hydrogens (tertiary/aromatic N) is 2. The number of ether oxygens (including phenoxy) is 1. The third-order valence-electron chi connectivity index (χ3n) is 4.03. The van der Waals surface area contributed by atoms with Crippen LogP contribution in [0, 0.1) is 11.8 Å². The van der Waals surface area contributed by atoms with Crippen LogP contribution in [0.1, 0.15) is 41.0 Å². The standard InChI is InChI=1S/C14H28N2O3S/c1-11-6-12(2)8-15(7-11)20(17,18)16-9-13(3)19-14(4,5)10-16/h11-13H,6-10H2,1-5H3/t11-,12+,13-/m0/s1. The summed E-state index contributed by atoms with van der Waals surface area (Å²) in [7, 11) is -3.37. The molecule has 0 aromatic carbocycles. The lowest BCUT2D eigenvalue weighted by Gasteiger charge is -2.44. The van der Waals surface area contributed by atoms with Crippen molar-refractivity contribution in [3.63, 3.8) is 0 Å². The first-order chi connectivity index (χ1) is 9.10.